The van der Waals surface area contributed by atoms with Crippen LogP contribution in [0.5, 0.6) is 0 Å². The fourth-order valence-corrected chi connectivity index (χ4v) is 3.09. The van der Waals surface area contributed by atoms with Crippen LogP contribution in [0.3, 0.4) is 0 Å². The van der Waals surface area contributed by atoms with E-state index in [2.05, 4.69) is 35.1 Å². The van der Waals surface area contributed by atoms with Crippen LogP contribution in [-0.2, 0) is 11.3 Å². The number of aromatic nitrogens is 2. The molecule has 3 rings (SSSR count). The molecule has 1 aromatic heterocycles. The summed E-state index contributed by atoms with van der Waals surface area (Å²) < 4.78 is 1.87. The summed E-state index contributed by atoms with van der Waals surface area (Å²) in [6, 6.07) is 10.3. The van der Waals surface area contributed by atoms with Gasteiger partial charge in [0.05, 0.1) is 17.5 Å². The Labute approximate surface area is 141 Å². The Morgan fingerprint density at radius 2 is 2.08 bits per heavy atom. The third kappa shape index (κ3) is 2.91. The van der Waals surface area contributed by atoms with Crippen molar-refractivity contribution in [2.75, 3.05) is 13.1 Å². The Morgan fingerprint density at radius 3 is 2.67 bits per heavy atom. The van der Waals surface area contributed by atoms with Crippen molar-refractivity contribution < 1.29 is 4.79 Å². The zero-order chi connectivity index (χ0) is 17.3. The summed E-state index contributed by atoms with van der Waals surface area (Å²) in [6.07, 6.45) is 2.50. The van der Waals surface area contributed by atoms with Gasteiger partial charge in [0.15, 0.2) is 0 Å². The molecule has 1 unspecified atom stereocenters. The van der Waals surface area contributed by atoms with Crippen molar-refractivity contribution in [1.82, 2.24) is 14.7 Å². The van der Waals surface area contributed by atoms with E-state index in [1.807, 2.05) is 29.9 Å². The highest BCUT2D eigenvalue weighted by molar-refractivity contribution is 5.84. The molecule has 1 fully saturated rings. The minimum Gasteiger partial charge on any atom is -0.368 e. The lowest BCUT2D eigenvalue weighted by Gasteiger charge is -2.18. The lowest BCUT2D eigenvalue weighted by Crippen LogP contribution is -2.38. The summed E-state index contributed by atoms with van der Waals surface area (Å²) >= 11 is 0. The van der Waals surface area contributed by atoms with Crippen LogP contribution in [0.15, 0.2) is 30.5 Å². The third-order valence-corrected chi connectivity index (χ3v) is 4.73. The SMILES string of the molecule is Cc1ccc(-n2cc(CN3CCC(C#N)(C(N)=O)C3)c(C)n2)cc1. The van der Waals surface area contributed by atoms with Gasteiger partial charge in [0.2, 0.25) is 5.91 Å². The van der Waals surface area contributed by atoms with E-state index in [4.69, 9.17) is 5.73 Å². The van der Waals surface area contributed by atoms with E-state index in [0.29, 0.717) is 26.1 Å². The number of primary amides is 1. The highest BCUT2D eigenvalue weighted by atomic mass is 16.1. The molecule has 1 aliphatic rings. The number of nitrogens with zero attached hydrogens (tertiary/aromatic N) is 4. The Morgan fingerprint density at radius 1 is 1.38 bits per heavy atom. The summed E-state index contributed by atoms with van der Waals surface area (Å²) in [5, 5.41) is 13.9. The zero-order valence-electron chi connectivity index (χ0n) is 14.0. The number of carbonyl (C=O) groups excluding carboxylic acids is 1. The summed E-state index contributed by atoms with van der Waals surface area (Å²) in [5.74, 6) is -0.528. The Hall–Kier alpha value is -2.65. The molecule has 1 aliphatic heterocycles. The molecule has 0 radical (unpaired) electrons. The Bertz CT molecular complexity index is 802. The van der Waals surface area contributed by atoms with Gasteiger partial charge >= 0.3 is 0 Å². The van der Waals surface area contributed by atoms with Gasteiger partial charge in [-0.2, -0.15) is 10.4 Å². The van der Waals surface area contributed by atoms with Gasteiger partial charge in [0.25, 0.3) is 0 Å². The normalized spacial score (nSPS) is 20.9. The second-order valence-electron chi connectivity index (χ2n) is 6.54. The number of hydrogen-bond donors (Lipinski definition) is 1. The number of nitriles is 1. The first kappa shape index (κ1) is 16.2. The molecule has 24 heavy (non-hydrogen) atoms. The third-order valence-electron chi connectivity index (χ3n) is 4.73. The van der Waals surface area contributed by atoms with E-state index in [-0.39, 0.29) is 0 Å². The quantitative estimate of drug-likeness (QED) is 0.927. The fourth-order valence-electron chi connectivity index (χ4n) is 3.09. The van der Waals surface area contributed by atoms with E-state index >= 15 is 0 Å². The molecule has 0 spiro atoms. The maximum Gasteiger partial charge on any atom is 0.239 e. The van der Waals surface area contributed by atoms with Gasteiger partial charge in [0.1, 0.15) is 5.41 Å². The van der Waals surface area contributed by atoms with Crippen LogP contribution in [0, 0.1) is 30.6 Å². The molecule has 1 aromatic carbocycles. The molecule has 1 saturated heterocycles. The van der Waals surface area contributed by atoms with Gasteiger partial charge in [-0.15, -0.1) is 0 Å². The second-order valence-corrected chi connectivity index (χ2v) is 6.54. The van der Waals surface area contributed by atoms with Crippen molar-refractivity contribution in [2.45, 2.75) is 26.8 Å². The van der Waals surface area contributed by atoms with Gasteiger partial charge in [0, 0.05) is 31.4 Å². The van der Waals surface area contributed by atoms with Gasteiger partial charge in [-0.05, 0) is 32.4 Å². The summed E-state index contributed by atoms with van der Waals surface area (Å²) in [4.78, 5) is 13.7. The van der Waals surface area contributed by atoms with Crippen LogP contribution in [0.25, 0.3) is 5.69 Å². The number of rotatable bonds is 4. The van der Waals surface area contributed by atoms with Crippen LogP contribution in [-0.4, -0.2) is 33.7 Å². The minimum absolute atomic E-state index is 0.383. The van der Waals surface area contributed by atoms with Gasteiger partial charge in [-0.25, -0.2) is 4.68 Å². The monoisotopic (exact) mass is 323 g/mol. The van der Waals surface area contributed by atoms with Crippen LogP contribution in [0.2, 0.25) is 0 Å². The van der Waals surface area contributed by atoms with Crippen molar-refractivity contribution in [3.63, 3.8) is 0 Å². The first-order valence-corrected chi connectivity index (χ1v) is 7.99. The highest BCUT2D eigenvalue weighted by Gasteiger charge is 2.43. The van der Waals surface area contributed by atoms with Crippen molar-refractivity contribution in [2.24, 2.45) is 11.1 Å². The standard InChI is InChI=1S/C18H21N5O/c1-13-3-5-16(6-4-13)23-10-15(14(2)21-23)9-22-8-7-18(11-19,12-22)17(20)24/h3-6,10H,7-9,12H2,1-2H3,(H2,20,24). The Kier molecular flexibility index (Phi) is 4.12. The largest absolute Gasteiger partial charge is 0.368 e. The van der Waals surface area contributed by atoms with Gasteiger partial charge < -0.3 is 5.73 Å². The van der Waals surface area contributed by atoms with E-state index in [0.717, 1.165) is 16.9 Å². The fraction of sp³-hybridized carbons (Fsp3) is 0.389. The second kappa shape index (κ2) is 6.10. The maximum atomic E-state index is 11.6. The van der Waals surface area contributed by atoms with Crippen molar-refractivity contribution >= 4 is 5.91 Å². The first-order chi connectivity index (χ1) is 11.4. The number of likely N-dealkylation sites (tertiary alicyclic amines) is 1. The molecule has 6 nitrogen and oxygen atoms in total. The summed E-state index contributed by atoms with van der Waals surface area (Å²) in [7, 11) is 0. The first-order valence-electron chi connectivity index (χ1n) is 7.99. The predicted molar refractivity (Wildman–Crippen MR) is 90.2 cm³/mol. The smallest absolute Gasteiger partial charge is 0.239 e. The Balaban J connectivity index is 1.77. The topological polar surface area (TPSA) is 87.9 Å². The average Bonchev–Trinajstić information content (AvgIpc) is 3.14. The number of aryl methyl sites for hydroxylation is 2. The lowest BCUT2D eigenvalue weighted by molar-refractivity contribution is -0.124. The van der Waals surface area contributed by atoms with E-state index in [9.17, 15) is 10.1 Å². The summed E-state index contributed by atoms with van der Waals surface area (Å²) in [5.41, 5.74) is 8.62. The average molecular weight is 323 g/mol. The number of nitrogens with two attached hydrogens (primary N) is 1. The van der Waals surface area contributed by atoms with Gasteiger partial charge in [-0.1, -0.05) is 17.7 Å². The van der Waals surface area contributed by atoms with E-state index in [1.54, 1.807) is 0 Å². The lowest BCUT2D eigenvalue weighted by atomic mass is 9.88. The van der Waals surface area contributed by atoms with Crippen LogP contribution >= 0.6 is 0 Å². The highest BCUT2D eigenvalue weighted by Crippen LogP contribution is 2.30. The number of hydrogen-bond acceptors (Lipinski definition) is 4. The molecule has 124 valence electrons. The molecular weight excluding hydrogens is 302 g/mol. The minimum atomic E-state index is -1.05. The maximum absolute atomic E-state index is 11.6. The number of carbonyl (C=O) groups is 1. The van der Waals surface area contributed by atoms with Crippen LogP contribution < -0.4 is 5.73 Å². The number of amides is 1. The van der Waals surface area contributed by atoms with Gasteiger partial charge in [-0.3, -0.25) is 9.69 Å². The molecule has 0 saturated carbocycles. The molecule has 2 N–H and O–H groups in total. The zero-order valence-corrected chi connectivity index (χ0v) is 14.0. The van der Waals surface area contributed by atoms with Crippen LogP contribution in [0.1, 0.15) is 23.2 Å². The van der Waals surface area contributed by atoms with E-state index < -0.39 is 11.3 Å². The van der Waals surface area contributed by atoms with E-state index in [1.165, 1.54) is 5.56 Å². The molecule has 0 aliphatic carbocycles. The molecule has 0 bridgehead atoms. The predicted octanol–water partition coefficient (Wildman–Crippen LogP) is 1.69. The van der Waals surface area contributed by atoms with Crippen LogP contribution in [0.4, 0.5) is 0 Å². The molecular formula is C18H21N5O. The van der Waals surface area contributed by atoms with Crippen molar-refractivity contribution in [1.29, 1.82) is 5.26 Å². The number of benzene rings is 1. The summed E-state index contributed by atoms with van der Waals surface area (Å²) in [6.45, 7) is 5.76. The van der Waals surface area contributed by atoms with Crippen molar-refractivity contribution in [3.05, 3.63) is 47.3 Å². The molecule has 1 atom stereocenters. The molecule has 2 aromatic rings. The molecule has 2 heterocycles. The van der Waals surface area contributed by atoms with Crippen molar-refractivity contribution in [3.8, 4) is 11.8 Å². The molecule has 6 heteroatoms. The molecule has 1 amide bonds.